The van der Waals surface area contributed by atoms with Crippen molar-refractivity contribution in [2.45, 2.75) is 25.4 Å². The summed E-state index contributed by atoms with van der Waals surface area (Å²) in [7, 11) is 0. The molecule has 0 aromatic heterocycles. The lowest BCUT2D eigenvalue weighted by atomic mass is 9.85. The number of anilines is 1. The number of hydrogen-bond acceptors (Lipinski definition) is 4. The molecule has 130 valence electrons. The lowest BCUT2D eigenvalue weighted by Gasteiger charge is -2.18. The summed E-state index contributed by atoms with van der Waals surface area (Å²) < 4.78 is 11.3. The van der Waals surface area contributed by atoms with Crippen molar-refractivity contribution < 1.29 is 19.1 Å². The first-order valence-electron chi connectivity index (χ1n) is 9.13. The van der Waals surface area contributed by atoms with Crippen molar-refractivity contribution in [3.05, 3.63) is 36.4 Å². The highest BCUT2D eigenvalue weighted by Gasteiger charge is 2.59. The minimum Gasteiger partial charge on any atom is -0.491 e. The van der Waals surface area contributed by atoms with E-state index in [0.717, 1.165) is 31.6 Å². The van der Waals surface area contributed by atoms with Gasteiger partial charge in [0.2, 0.25) is 11.8 Å². The third-order valence-electron chi connectivity index (χ3n) is 6.03. The molecule has 0 N–H and O–H groups in total. The molecule has 5 heteroatoms. The Labute approximate surface area is 146 Å². The molecule has 5 atom stereocenters. The fraction of sp³-hybridized carbons (Fsp3) is 0.500. The van der Waals surface area contributed by atoms with Crippen LogP contribution in [-0.4, -0.2) is 31.1 Å². The Kier molecular flexibility index (Phi) is 3.45. The molecule has 2 bridgehead atoms. The van der Waals surface area contributed by atoms with E-state index in [1.165, 1.54) is 4.90 Å². The number of ether oxygens (including phenoxy) is 2. The van der Waals surface area contributed by atoms with E-state index in [4.69, 9.17) is 9.47 Å². The maximum absolute atomic E-state index is 12.8. The Morgan fingerprint density at radius 3 is 2.32 bits per heavy atom. The van der Waals surface area contributed by atoms with Crippen molar-refractivity contribution in [1.82, 2.24) is 0 Å². The maximum atomic E-state index is 12.8. The van der Waals surface area contributed by atoms with Gasteiger partial charge in [-0.05, 0) is 55.4 Å². The van der Waals surface area contributed by atoms with Crippen molar-refractivity contribution in [1.29, 1.82) is 0 Å². The molecule has 5 nitrogen and oxygen atoms in total. The fourth-order valence-corrected chi connectivity index (χ4v) is 4.81. The zero-order chi connectivity index (χ0) is 17.0. The van der Waals surface area contributed by atoms with Gasteiger partial charge in [-0.25, -0.2) is 0 Å². The molecule has 2 heterocycles. The average Bonchev–Trinajstić information content (AvgIpc) is 3.39. The van der Waals surface area contributed by atoms with E-state index >= 15 is 0 Å². The van der Waals surface area contributed by atoms with Crippen LogP contribution in [0.5, 0.6) is 5.75 Å². The third-order valence-corrected chi connectivity index (χ3v) is 6.03. The van der Waals surface area contributed by atoms with Gasteiger partial charge in [-0.3, -0.25) is 14.5 Å². The van der Waals surface area contributed by atoms with Crippen LogP contribution < -0.4 is 9.64 Å². The molecule has 5 rings (SSSR count). The Balaban J connectivity index is 1.30. The van der Waals surface area contributed by atoms with Gasteiger partial charge in [0.15, 0.2) is 0 Å². The SMILES string of the molecule is O=C1[C@H]2[C@H](C(=O)N1c1ccc(OC[C@H]3CCCO3)cc1)[C@H]1C=C[C@H]2C1. The van der Waals surface area contributed by atoms with Gasteiger partial charge < -0.3 is 9.47 Å². The summed E-state index contributed by atoms with van der Waals surface area (Å²) in [5.74, 6) is 0.826. The second-order valence-electron chi connectivity index (χ2n) is 7.45. The molecular weight excluding hydrogens is 318 g/mol. The number of fused-ring (bicyclic) bond motifs is 5. The molecule has 2 aliphatic heterocycles. The molecule has 2 amide bonds. The monoisotopic (exact) mass is 339 g/mol. The number of allylic oxidation sites excluding steroid dienone is 2. The van der Waals surface area contributed by atoms with Crippen molar-refractivity contribution in [2.75, 3.05) is 18.1 Å². The molecule has 2 saturated heterocycles. The normalized spacial score (nSPS) is 35.7. The number of nitrogens with zero attached hydrogens (tertiary/aromatic N) is 1. The molecule has 1 aromatic carbocycles. The van der Waals surface area contributed by atoms with E-state index in [1.807, 2.05) is 12.1 Å². The zero-order valence-corrected chi connectivity index (χ0v) is 14.0. The predicted octanol–water partition coefficient (Wildman–Crippen LogP) is 2.56. The second kappa shape index (κ2) is 5.70. The molecule has 4 aliphatic rings. The van der Waals surface area contributed by atoms with Gasteiger partial charge in [-0.15, -0.1) is 0 Å². The summed E-state index contributed by atoms with van der Waals surface area (Å²) in [6.45, 7) is 1.35. The molecule has 25 heavy (non-hydrogen) atoms. The van der Waals surface area contributed by atoms with Gasteiger partial charge in [0, 0.05) is 6.61 Å². The molecule has 2 aliphatic carbocycles. The largest absolute Gasteiger partial charge is 0.491 e. The summed E-state index contributed by atoms with van der Waals surface area (Å²) in [6.07, 6.45) is 7.48. The van der Waals surface area contributed by atoms with Crippen LogP contribution in [0, 0.1) is 23.7 Å². The van der Waals surface area contributed by atoms with Crippen molar-refractivity contribution >= 4 is 17.5 Å². The van der Waals surface area contributed by atoms with Crippen LogP contribution in [0.4, 0.5) is 5.69 Å². The summed E-state index contributed by atoms with van der Waals surface area (Å²) >= 11 is 0. The van der Waals surface area contributed by atoms with E-state index < -0.39 is 0 Å². The lowest BCUT2D eigenvalue weighted by Crippen LogP contribution is -2.32. The van der Waals surface area contributed by atoms with Crippen molar-refractivity contribution in [2.24, 2.45) is 23.7 Å². The highest BCUT2D eigenvalue weighted by Crippen LogP contribution is 2.53. The van der Waals surface area contributed by atoms with Crippen molar-refractivity contribution in [3.63, 3.8) is 0 Å². The zero-order valence-electron chi connectivity index (χ0n) is 14.0. The van der Waals surface area contributed by atoms with Gasteiger partial charge in [-0.1, -0.05) is 12.2 Å². The van der Waals surface area contributed by atoms with E-state index in [-0.39, 0.29) is 41.6 Å². The van der Waals surface area contributed by atoms with E-state index in [2.05, 4.69) is 12.2 Å². The molecule has 0 unspecified atom stereocenters. The van der Waals surface area contributed by atoms with Crippen LogP contribution in [0.1, 0.15) is 19.3 Å². The Morgan fingerprint density at radius 2 is 1.72 bits per heavy atom. The number of carbonyl (C=O) groups is 2. The molecule has 0 radical (unpaired) electrons. The van der Waals surface area contributed by atoms with Crippen LogP contribution in [0.15, 0.2) is 36.4 Å². The van der Waals surface area contributed by atoms with E-state index in [1.54, 1.807) is 12.1 Å². The standard InChI is InChI=1S/C20H21NO4/c22-19-17-12-3-4-13(10-12)18(17)20(23)21(19)14-5-7-15(8-6-14)25-11-16-2-1-9-24-16/h3-8,12-13,16-18H,1-2,9-11H2/t12-,13-,16+,17+,18+/m0/s1. The number of imide groups is 1. The van der Waals surface area contributed by atoms with Gasteiger partial charge in [0.05, 0.1) is 23.6 Å². The first kappa shape index (κ1) is 15.1. The van der Waals surface area contributed by atoms with Gasteiger partial charge >= 0.3 is 0 Å². The summed E-state index contributed by atoms with van der Waals surface area (Å²) in [6, 6.07) is 7.26. The maximum Gasteiger partial charge on any atom is 0.238 e. The number of hydrogen-bond donors (Lipinski definition) is 0. The minimum atomic E-state index is -0.155. The van der Waals surface area contributed by atoms with Gasteiger partial charge in [0.1, 0.15) is 12.4 Å². The van der Waals surface area contributed by atoms with E-state index in [0.29, 0.717) is 12.3 Å². The minimum absolute atomic E-state index is 0.0418. The highest BCUT2D eigenvalue weighted by molar-refractivity contribution is 6.22. The summed E-state index contributed by atoms with van der Waals surface area (Å²) in [4.78, 5) is 27.0. The van der Waals surface area contributed by atoms with E-state index in [9.17, 15) is 9.59 Å². The first-order chi connectivity index (χ1) is 12.2. The molecule has 3 fully saturated rings. The van der Waals surface area contributed by atoms with Crippen molar-refractivity contribution in [3.8, 4) is 5.75 Å². The summed E-state index contributed by atoms with van der Waals surface area (Å²) in [5.41, 5.74) is 0.647. The fourth-order valence-electron chi connectivity index (χ4n) is 4.81. The number of amides is 2. The third kappa shape index (κ3) is 2.33. The van der Waals surface area contributed by atoms with Gasteiger partial charge in [-0.2, -0.15) is 0 Å². The number of benzene rings is 1. The van der Waals surface area contributed by atoms with Crippen LogP contribution >= 0.6 is 0 Å². The lowest BCUT2D eigenvalue weighted by molar-refractivity contribution is -0.123. The molecule has 1 aromatic rings. The molecular formula is C20H21NO4. The van der Waals surface area contributed by atoms with Crippen LogP contribution in [0.3, 0.4) is 0 Å². The topological polar surface area (TPSA) is 55.8 Å². The van der Waals surface area contributed by atoms with Gasteiger partial charge in [0.25, 0.3) is 0 Å². The summed E-state index contributed by atoms with van der Waals surface area (Å²) in [5, 5.41) is 0. The van der Waals surface area contributed by atoms with Crippen LogP contribution in [-0.2, 0) is 14.3 Å². The Bertz CT molecular complexity index is 705. The van der Waals surface area contributed by atoms with Crippen LogP contribution in [0.25, 0.3) is 0 Å². The number of carbonyl (C=O) groups excluding carboxylic acids is 2. The number of rotatable bonds is 4. The molecule has 0 spiro atoms. The Morgan fingerprint density at radius 1 is 1.04 bits per heavy atom. The average molecular weight is 339 g/mol. The Hall–Kier alpha value is -2.14. The van der Waals surface area contributed by atoms with Crippen LogP contribution in [0.2, 0.25) is 0 Å². The quantitative estimate of drug-likeness (QED) is 0.625. The smallest absolute Gasteiger partial charge is 0.238 e. The first-order valence-corrected chi connectivity index (χ1v) is 9.13. The highest BCUT2D eigenvalue weighted by atomic mass is 16.5. The predicted molar refractivity (Wildman–Crippen MR) is 91.1 cm³/mol. The molecule has 1 saturated carbocycles. The second-order valence-corrected chi connectivity index (χ2v) is 7.45.